The highest BCUT2D eigenvalue weighted by molar-refractivity contribution is 5.93. The van der Waals surface area contributed by atoms with E-state index in [-0.39, 0.29) is 55.4 Å². The van der Waals surface area contributed by atoms with Crippen LogP contribution in [0.15, 0.2) is 42.7 Å². The minimum absolute atomic E-state index is 0.103. The van der Waals surface area contributed by atoms with E-state index in [2.05, 4.69) is 74.8 Å². The number of anilines is 1. The lowest BCUT2D eigenvalue weighted by molar-refractivity contribution is -0.130. The Kier molecular flexibility index (Phi) is 20.1. The van der Waals surface area contributed by atoms with E-state index < -0.39 is 5.92 Å². The van der Waals surface area contributed by atoms with Crippen LogP contribution in [0, 0.1) is 25.2 Å². The van der Waals surface area contributed by atoms with Crippen LogP contribution in [-0.4, -0.2) is 188 Å². The number of aromatic nitrogens is 5. The van der Waals surface area contributed by atoms with E-state index in [1.807, 2.05) is 18.2 Å². The van der Waals surface area contributed by atoms with E-state index in [9.17, 15) is 18.4 Å². The number of hydrogen-bond donors (Lipinski definition) is 2. The number of carbonyl (C=O) groups is 2. The second-order valence-electron chi connectivity index (χ2n) is 20.2. The quantitative estimate of drug-likeness (QED) is 0.0734. The Bertz CT molecular complexity index is 2140. The number of carbonyl (C=O) groups excluding carboxylic acids is 2. The van der Waals surface area contributed by atoms with Crippen LogP contribution in [0.25, 0.3) is 0 Å². The van der Waals surface area contributed by atoms with Gasteiger partial charge in [-0.25, -0.2) is 18.7 Å². The van der Waals surface area contributed by atoms with Crippen LogP contribution >= 0.6 is 0 Å². The molecule has 0 radical (unpaired) electrons. The van der Waals surface area contributed by atoms with Crippen molar-refractivity contribution in [1.29, 1.82) is 0 Å². The van der Waals surface area contributed by atoms with Gasteiger partial charge in [0.25, 0.3) is 5.91 Å². The SMILES string of the molecule is C#CCOCCOCCOCCOCCN1CCN(CCCCNC(=O)c2cnc(N3CC(c4nnc(C)n4C4CC5CCC(C4)N5CCC(NC(=O)C4CCC(F)(F)CC4)c4ccccc4)C3)nc2)CC1. The Balaban J connectivity index is 0.693. The lowest BCUT2D eigenvalue weighted by Crippen LogP contribution is -2.48. The van der Waals surface area contributed by atoms with E-state index in [1.54, 1.807) is 12.4 Å². The number of nitrogens with one attached hydrogen (secondary N) is 2. The first kappa shape index (κ1) is 53.6. The monoisotopic (exact) mass is 1000 g/mol. The molecule has 4 aliphatic heterocycles. The maximum Gasteiger partial charge on any atom is 0.254 e. The lowest BCUT2D eigenvalue weighted by Gasteiger charge is -2.42. The van der Waals surface area contributed by atoms with Crippen molar-refractivity contribution in [1.82, 2.24) is 50.1 Å². The number of terminal acetylenes is 1. The van der Waals surface area contributed by atoms with Crippen LogP contribution in [0.1, 0.15) is 116 Å². The van der Waals surface area contributed by atoms with Crippen LogP contribution in [0.3, 0.4) is 0 Å². The van der Waals surface area contributed by atoms with Crippen molar-refractivity contribution < 1.29 is 37.3 Å². The van der Waals surface area contributed by atoms with Crippen molar-refractivity contribution in [3.05, 3.63) is 65.5 Å². The molecule has 2 N–H and O–H groups in total. The molecule has 8 rings (SSSR count). The number of piperidine rings is 1. The van der Waals surface area contributed by atoms with Gasteiger partial charge >= 0.3 is 0 Å². The molecule has 5 aliphatic rings. The molecule has 2 bridgehead atoms. The summed E-state index contributed by atoms with van der Waals surface area (Å²) < 4.78 is 52.0. The van der Waals surface area contributed by atoms with Crippen LogP contribution < -0.4 is 15.5 Å². The number of piperazine rings is 1. The van der Waals surface area contributed by atoms with Crippen molar-refractivity contribution >= 4 is 17.8 Å². The van der Waals surface area contributed by atoms with Gasteiger partial charge in [-0.3, -0.25) is 19.4 Å². The topological polar surface area (TPSA) is 165 Å². The van der Waals surface area contributed by atoms with E-state index in [0.717, 1.165) is 121 Å². The summed E-state index contributed by atoms with van der Waals surface area (Å²) in [6.07, 6.45) is 15.4. The highest BCUT2D eigenvalue weighted by Crippen LogP contribution is 2.43. The number of halogens is 2. The number of fused-ring (bicyclic) bond motifs is 2. The first-order valence-electron chi connectivity index (χ1n) is 26.6. The van der Waals surface area contributed by atoms with E-state index in [4.69, 9.17) is 30.5 Å². The third-order valence-electron chi connectivity index (χ3n) is 15.3. The fourth-order valence-corrected chi connectivity index (χ4v) is 11.2. The Morgan fingerprint density at radius 3 is 2.07 bits per heavy atom. The predicted octanol–water partition coefficient (Wildman–Crippen LogP) is 5.05. The average molecular weight is 1000 g/mol. The van der Waals surface area contributed by atoms with Gasteiger partial charge in [0, 0.05) is 108 Å². The molecule has 0 spiro atoms. The molecule has 4 saturated heterocycles. The van der Waals surface area contributed by atoms with Gasteiger partial charge in [-0.2, -0.15) is 0 Å². The van der Waals surface area contributed by atoms with Gasteiger partial charge in [0.2, 0.25) is 17.8 Å². The molecule has 72 heavy (non-hydrogen) atoms. The summed E-state index contributed by atoms with van der Waals surface area (Å²) in [4.78, 5) is 45.2. The Morgan fingerprint density at radius 2 is 1.42 bits per heavy atom. The number of amides is 2. The molecule has 3 unspecified atom stereocenters. The molecule has 1 saturated carbocycles. The molecule has 6 heterocycles. The van der Waals surface area contributed by atoms with Crippen molar-refractivity contribution in [3.63, 3.8) is 0 Å². The smallest absolute Gasteiger partial charge is 0.254 e. The summed E-state index contributed by atoms with van der Waals surface area (Å²) in [5, 5.41) is 15.6. The molecular weight excluding hydrogens is 925 g/mol. The van der Waals surface area contributed by atoms with E-state index >= 15 is 0 Å². The summed E-state index contributed by atoms with van der Waals surface area (Å²) >= 11 is 0. The molecule has 17 nitrogen and oxygen atoms in total. The molecule has 1 aliphatic carbocycles. The van der Waals surface area contributed by atoms with Crippen molar-refractivity contribution in [3.8, 4) is 12.3 Å². The van der Waals surface area contributed by atoms with Crippen LogP contribution in [0.4, 0.5) is 14.7 Å². The molecule has 2 aromatic heterocycles. The van der Waals surface area contributed by atoms with Crippen molar-refractivity contribution in [2.24, 2.45) is 5.92 Å². The van der Waals surface area contributed by atoms with Gasteiger partial charge < -0.3 is 43.9 Å². The second-order valence-corrected chi connectivity index (χ2v) is 20.2. The molecule has 2 amide bonds. The Labute approximate surface area is 424 Å². The second kappa shape index (κ2) is 27.0. The van der Waals surface area contributed by atoms with Gasteiger partial charge in [0.05, 0.1) is 63.8 Å². The minimum atomic E-state index is -2.66. The Hall–Kier alpha value is -4.68. The number of ether oxygens (including phenoxy) is 4. The maximum absolute atomic E-state index is 13.9. The highest BCUT2D eigenvalue weighted by atomic mass is 19.3. The van der Waals surface area contributed by atoms with E-state index in [0.29, 0.717) is 89.0 Å². The number of unbranched alkanes of at least 4 members (excludes halogenated alkanes) is 1. The normalized spacial score (nSPS) is 22.4. The van der Waals surface area contributed by atoms with Crippen LogP contribution in [-0.2, 0) is 23.7 Å². The molecular formula is C53H77F2N11O6. The van der Waals surface area contributed by atoms with Crippen molar-refractivity contribution in [2.45, 2.75) is 114 Å². The predicted molar refractivity (Wildman–Crippen MR) is 269 cm³/mol. The fourth-order valence-electron chi connectivity index (χ4n) is 11.2. The van der Waals surface area contributed by atoms with Crippen molar-refractivity contribution in [2.75, 3.05) is 123 Å². The first-order chi connectivity index (χ1) is 35.1. The zero-order valence-electron chi connectivity index (χ0n) is 42.3. The largest absolute Gasteiger partial charge is 0.378 e. The summed E-state index contributed by atoms with van der Waals surface area (Å²) in [6, 6.07) is 11.0. The molecule has 3 atom stereocenters. The number of aryl methyl sites for hydroxylation is 1. The summed E-state index contributed by atoms with van der Waals surface area (Å²) in [7, 11) is 0. The zero-order chi connectivity index (χ0) is 50.1. The molecule has 1 aromatic carbocycles. The molecule has 394 valence electrons. The van der Waals surface area contributed by atoms with E-state index in [1.165, 1.54) is 0 Å². The molecule has 3 aromatic rings. The number of nitrogens with zero attached hydrogens (tertiary/aromatic N) is 9. The summed E-state index contributed by atoms with van der Waals surface area (Å²) in [5.74, 6) is 1.90. The summed E-state index contributed by atoms with van der Waals surface area (Å²) in [6.45, 7) is 15.2. The lowest BCUT2D eigenvalue weighted by atomic mass is 9.86. The van der Waals surface area contributed by atoms with Crippen LogP contribution in [0.5, 0.6) is 0 Å². The maximum atomic E-state index is 13.9. The zero-order valence-corrected chi connectivity index (χ0v) is 42.3. The molecule has 19 heteroatoms. The number of alkyl halides is 2. The average Bonchev–Trinajstić information content (AvgIpc) is 3.87. The van der Waals surface area contributed by atoms with Gasteiger partial charge in [0.15, 0.2) is 0 Å². The molecule has 5 fully saturated rings. The summed E-state index contributed by atoms with van der Waals surface area (Å²) in [5.41, 5.74) is 1.51. The minimum Gasteiger partial charge on any atom is -0.378 e. The Morgan fingerprint density at radius 1 is 0.792 bits per heavy atom. The number of benzene rings is 1. The third kappa shape index (κ3) is 15.2. The first-order valence-corrected chi connectivity index (χ1v) is 26.6. The van der Waals surface area contributed by atoms with Gasteiger partial charge in [0.1, 0.15) is 18.3 Å². The fraction of sp³-hybridized carbons (Fsp3) is 0.698. The number of rotatable bonds is 28. The highest BCUT2D eigenvalue weighted by Gasteiger charge is 2.44. The van der Waals surface area contributed by atoms with Crippen LogP contribution in [0.2, 0.25) is 0 Å². The van der Waals surface area contributed by atoms with Gasteiger partial charge in [-0.05, 0) is 76.8 Å². The van der Waals surface area contributed by atoms with Gasteiger partial charge in [-0.1, -0.05) is 36.3 Å². The standard InChI is InChI=1S/C53H77F2N11O6/c1-3-26-69-28-30-71-32-33-72-31-29-70-27-25-63-23-21-62(22-24-63)19-8-7-18-56-50(67)43-36-57-52(58-37-43)64-38-44(39-64)49-61-60-40(2)66(49)47-34-45-11-12-46(35-47)65(45)20-15-48(41-9-5-4-6-10-41)59-51(68)42-13-16-53(54,55)17-14-42/h1,4-6,9-10,36-37,42,44-48H,7-8,11-35,38-39H2,2H3,(H,56,67)(H,59,68). The number of hydrogen-bond acceptors (Lipinski definition) is 14. The third-order valence-corrected chi connectivity index (χ3v) is 15.3. The van der Waals surface area contributed by atoms with Gasteiger partial charge in [-0.15, -0.1) is 16.6 Å².